The number of carbonyl (C=O) groups excluding carboxylic acids is 1. The summed E-state index contributed by atoms with van der Waals surface area (Å²) in [5.41, 5.74) is 0.442. The number of benzene rings is 1. The van der Waals surface area contributed by atoms with E-state index in [0.29, 0.717) is 26.7 Å². The quantitative estimate of drug-likeness (QED) is 0.595. The molecule has 0 aliphatic carbocycles. The molecule has 1 aromatic carbocycles. The van der Waals surface area contributed by atoms with Gasteiger partial charge in [0.1, 0.15) is 5.70 Å². The van der Waals surface area contributed by atoms with E-state index in [1.54, 1.807) is 5.01 Å². The van der Waals surface area contributed by atoms with Crippen LogP contribution in [0.15, 0.2) is 52.4 Å². The molecule has 2 aliphatic heterocycles. The van der Waals surface area contributed by atoms with Gasteiger partial charge in [0.25, 0.3) is 5.91 Å². The van der Waals surface area contributed by atoms with Gasteiger partial charge in [0.05, 0.1) is 9.83 Å². The maximum Gasteiger partial charge on any atom is 0.276 e. The second-order valence-electron chi connectivity index (χ2n) is 5.19. The maximum absolute atomic E-state index is 12.7. The standard InChI is InChI=1S/C15H9Br3N4O2S/c1-25-15-20-14(23)11-7-4-6(16)2-3-9(7)19-13(22(11)21-15)10-5-8(17)12(18)24-10/h2-5,13H,1H3,(H,20,21,23)/t13-/m0/s1. The van der Waals surface area contributed by atoms with Crippen LogP contribution in [-0.2, 0) is 4.79 Å². The molecular formula is C15H9Br3N4O2S. The number of amidine groups is 1. The normalized spacial score (nSPS) is 19.0. The van der Waals surface area contributed by atoms with Gasteiger partial charge in [-0.3, -0.25) is 10.1 Å². The van der Waals surface area contributed by atoms with Crippen LogP contribution < -0.4 is 15.9 Å². The molecule has 1 amide bonds. The third-order valence-corrected chi connectivity index (χ3v) is 6.46. The number of hydrogen-bond donors (Lipinski definition) is 1. The number of fused-ring (bicyclic) bond motifs is 2. The number of thioether (sulfide) groups is 1. The monoisotopic (exact) mass is 546 g/mol. The van der Waals surface area contributed by atoms with Crippen molar-refractivity contribution >= 4 is 76.3 Å². The number of furan rings is 1. The Hall–Kier alpha value is -1.10. The lowest BCUT2D eigenvalue weighted by atomic mass is 10.1. The Labute approximate surface area is 171 Å². The van der Waals surface area contributed by atoms with Crippen LogP contribution >= 0.6 is 59.6 Å². The van der Waals surface area contributed by atoms with Crippen molar-refractivity contribution in [3.8, 4) is 0 Å². The lowest BCUT2D eigenvalue weighted by Gasteiger charge is -2.32. The third kappa shape index (κ3) is 2.98. The van der Waals surface area contributed by atoms with Crippen molar-refractivity contribution in [3.63, 3.8) is 0 Å². The number of amides is 1. The van der Waals surface area contributed by atoms with Gasteiger partial charge in [-0.2, -0.15) is 0 Å². The molecule has 1 aromatic heterocycles. The van der Waals surface area contributed by atoms with Crippen LogP contribution in [0.1, 0.15) is 11.9 Å². The first kappa shape index (κ1) is 17.3. The van der Waals surface area contributed by atoms with Crippen LogP contribution in [0, 0.1) is 0 Å². The molecule has 0 fully saturated rings. The van der Waals surface area contributed by atoms with Gasteiger partial charge in [-0.25, -0.2) is 10.0 Å². The molecule has 6 nitrogen and oxygen atoms in total. The minimum Gasteiger partial charge on any atom is -0.449 e. The van der Waals surface area contributed by atoms with E-state index in [2.05, 4.69) is 58.2 Å². The van der Waals surface area contributed by atoms with Gasteiger partial charge in [0.2, 0.25) is 6.17 Å². The average molecular weight is 549 g/mol. The Morgan fingerprint density at radius 3 is 2.76 bits per heavy atom. The molecule has 10 heteroatoms. The van der Waals surface area contributed by atoms with E-state index in [0.717, 1.165) is 14.2 Å². The summed E-state index contributed by atoms with van der Waals surface area (Å²) in [6.07, 6.45) is 1.28. The predicted octanol–water partition coefficient (Wildman–Crippen LogP) is 3.07. The van der Waals surface area contributed by atoms with E-state index in [-0.39, 0.29) is 5.91 Å². The molecule has 3 heterocycles. The smallest absolute Gasteiger partial charge is 0.276 e. The lowest BCUT2D eigenvalue weighted by molar-refractivity contribution is -0.116. The average Bonchev–Trinajstić information content (AvgIpc) is 2.92. The van der Waals surface area contributed by atoms with E-state index in [9.17, 15) is 4.79 Å². The first-order valence-electron chi connectivity index (χ1n) is 7.03. The number of rotatable bonds is 1. The Balaban J connectivity index is 2.01. The molecule has 25 heavy (non-hydrogen) atoms. The van der Waals surface area contributed by atoms with E-state index in [1.165, 1.54) is 11.8 Å². The molecule has 2 aromatic rings. The van der Waals surface area contributed by atoms with E-state index < -0.39 is 6.17 Å². The molecule has 4 rings (SSSR count). The minimum atomic E-state index is -0.570. The molecule has 0 radical (unpaired) electrons. The Bertz CT molecular complexity index is 1030. The van der Waals surface area contributed by atoms with E-state index in [1.807, 2.05) is 30.5 Å². The van der Waals surface area contributed by atoms with E-state index in [4.69, 9.17) is 9.41 Å². The second kappa shape index (κ2) is 6.57. The molecule has 2 aliphatic rings. The SMILES string of the molecule is CSC1=NN2C(=c3cc(Br)ccc3=N[C@@H]2c2cc(Br)c(Br)o2)C(=O)N1. The van der Waals surface area contributed by atoms with Crippen LogP contribution in [0.5, 0.6) is 0 Å². The molecule has 0 saturated carbocycles. The number of halogens is 3. The molecule has 128 valence electrons. The Kier molecular flexibility index (Phi) is 4.55. The fraction of sp³-hybridized carbons (Fsp3) is 0.133. The molecule has 0 saturated heterocycles. The van der Waals surface area contributed by atoms with Crippen LogP contribution in [0.2, 0.25) is 0 Å². The maximum atomic E-state index is 12.7. The fourth-order valence-corrected chi connectivity index (χ4v) is 3.95. The zero-order valence-electron chi connectivity index (χ0n) is 12.6. The predicted molar refractivity (Wildman–Crippen MR) is 106 cm³/mol. The molecule has 1 atom stereocenters. The number of nitrogens with zero attached hydrogens (tertiary/aromatic N) is 3. The van der Waals surface area contributed by atoms with Gasteiger partial charge >= 0.3 is 0 Å². The van der Waals surface area contributed by atoms with Crippen molar-refractivity contribution in [2.75, 3.05) is 6.26 Å². The van der Waals surface area contributed by atoms with Gasteiger partial charge in [-0.15, -0.1) is 5.10 Å². The molecule has 0 spiro atoms. The summed E-state index contributed by atoms with van der Waals surface area (Å²) in [7, 11) is 0. The highest BCUT2D eigenvalue weighted by molar-refractivity contribution is 9.13. The van der Waals surface area contributed by atoms with Crippen molar-refractivity contribution < 1.29 is 9.21 Å². The summed E-state index contributed by atoms with van der Waals surface area (Å²) in [5, 5.41) is 10.9. The number of carbonyl (C=O) groups is 1. The van der Waals surface area contributed by atoms with Crippen molar-refractivity contribution in [2.45, 2.75) is 6.17 Å². The zero-order valence-corrected chi connectivity index (χ0v) is 18.2. The second-order valence-corrected chi connectivity index (χ2v) is 8.48. The van der Waals surface area contributed by atoms with Gasteiger partial charge < -0.3 is 4.42 Å². The number of hydrazone groups is 1. The largest absolute Gasteiger partial charge is 0.449 e. The lowest BCUT2D eigenvalue weighted by Crippen LogP contribution is -2.50. The molecule has 0 bridgehead atoms. The van der Waals surface area contributed by atoms with Crippen molar-refractivity contribution in [1.29, 1.82) is 0 Å². The van der Waals surface area contributed by atoms with Gasteiger partial charge in [-0.1, -0.05) is 27.7 Å². The highest BCUT2D eigenvalue weighted by atomic mass is 79.9. The van der Waals surface area contributed by atoms with Gasteiger partial charge in [0, 0.05) is 9.69 Å². The number of hydrogen-bond acceptors (Lipinski definition) is 6. The van der Waals surface area contributed by atoms with Crippen molar-refractivity contribution in [1.82, 2.24) is 10.3 Å². The number of nitrogens with one attached hydrogen (secondary N) is 1. The Morgan fingerprint density at radius 1 is 1.28 bits per heavy atom. The topological polar surface area (TPSA) is 70.2 Å². The first-order chi connectivity index (χ1) is 12.0. The third-order valence-electron chi connectivity index (χ3n) is 3.68. The summed E-state index contributed by atoms with van der Waals surface area (Å²) < 4.78 is 7.95. The summed E-state index contributed by atoms with van der Waals surface area (Å²) in [4.78, 5) is 17.5. The molecule has 1 N–H and O–H groups in total. The minimum absolute atomic E-state index is 0.219. The van der Waals surface area contributed by atoms with Crippen LogP contribution in [-0.4, -0.2) is 22.3 Å². The van der Waals surface area contributed by atoms with Crippen LogP contribution in [0.3, 0.4) is 0 Å². The zero-order chi connectivity index (χ0) is 17.7. The van der Waals surface area contributed by atoms with Crippen LogP contribution in [0.4, 0.5) is 0 Å². The van der Waals surface area contributed by atoms with Crippen molar-refractivity contribution in [3.05, 3.63) is 54.2 Å². The molecule has 0 unspecified atom stereocenters. The fourth-order valence-electron chi connectivity index (χ4n) is 2.62. The Morgan fingerprint density at radius 2 is 2.08 bits per heavy atom. The molecular weight excluding hydrogens is 540 g/mol. The summed E-state index contributed by atoms with van der Waals surface area (Å²) in [6, 6.07) is 7.44. The summed E-state index contributed by atoms with van der Waals surface area (Å²) in [5.74, 6) is 0.354. The van der Waals surface area contributed by atoms with Gasteiger partial charge in [0.15, 0.2) is 15.6 Å². The highest BCUT2D eigenvalue weighted by Crippen LogP contribution is 2.36. The van der Waals surface area contributed by atoms with Crippen molar-refractivity contribution in [2.24, 2.45) is 10.1 Å². The van der Waals surface area contributed by atoms with Crippen LogP contribution in [0.25, 0.3) is 5.70 Å². The summed E-state index contributed by atoms with van der Waals surface area (Å²) in [6.45, 7) is 0. The first-order valence-corrected chi connectivity index (χ1v) is 10.6. The van der Waals surface area contributed by atoms with Gasteiger partial charge in [-0.05, 0) is 62.4 Å². The van der Waals surface area contributed by atoms with E-state index >= 15 is 0 Å². The highest BCUT2D eigenvalue weighted by Gasteiger charge is 2.36. The summed E-state index contributed by atoms with van der Waals surface area (Å²) >= 11 is 11.6.